The first kappa shape index (κ1) is 13.2. The molecular weight excluding hydrogens is 232 g/mol. The lowest BCUT2D eigenvalue weighted by Gasteiger charge is -2.45. The maximum atomic E-state index is 12.1. The fraction of sp³-hybridized carbons (Fsp3) is 0.846. The van der Waals surface area contributed by atoms with Crippen molar-refractivity contribution in [2.45, 2.75) is 46.1 Å². The van der Waals surface area contributed by atoms with E-state index in [0.29, 0.717) is 19.5 Å². The Labute approximate surface area is 108 Å². The third-order valence-corrected chi connectivity index (χ3v) is 4.60. The molecule has 2 unspecified atom stereocenters. The zero-order chi connectivity index (χ0) is 13.6. The lowest BCUT2D eigenvalue weighted by molar-refractivity contribution is -0.147. The molecule has 2 atom stereocenters. The number of rotatable bonds is 2. The van der Waals surface area contributed by atoms with Crippen LogP contribution < -0.4 is 5.32 Å². The van der Waals surface area contributed by atoms with Crippen LogP contribution in [0, 0.1) is 10.8 Å². The summed E-state index contributed by atoms with van der Waals surface area (Å²) in [4.78, 5) is 24.8. The zero-order valence-electron chi connectivity index (χ0n) is 11.3. The van der Waals surface area contributed by atoms with Crippen LogP contribution in [0.5, 0.6) is 0 Å². The van der Waals surface area contributed by atoms with Gasteiger partial charge in [0.15, 0.2) is 0 Å². The van der Waals surface area contributed by atoms with Crippen LogP contribution >= 0.6 is 0 Å². The molecule has 1 aliphatic carbocycles. The van der Waals surface area contributed by atoms with Crippen molar-refractivity contribution >= 4 is 12.0 Å². The molecule has 0 aromatic carbocycles. The van der Waals surface area contributed by atoms with E-state index in [-0.39, 0.29) is 17.5 Å². The number of hydrogen-bond acceptors (Lipinski definition) is 2. The molecule has 0 spiro atoms. The molecule has 1 saturated heterocycles. The molecule has 1 heterocycles. The van der Waals surface area contributed by atoms with Gasteiger partial charge in [-0.3, -0.25) is 4.79 Å². The van der Waals surface area contributed by atoms with Crippen LogP contribution in [-0.4, -0.2) is 41.1 Å². The van der Waals surface area contributed by atoms with Crippen molar-refractivity contribution in [3.05, 3.63) is 0 Å². The van der Waals surface area contributed by atoms with E-state index in [1.54, 1.807) is 11.8 Å². The lowest BCUT2D eigenvalue weighted by atomic mass is 9.67. The second-order valence-corrected chi connectivity index (χ2v) is 6.57. The first-order valence-corrected chi connectivity index (χ1v) is 6.53. The minimum absolute atomic E-state index is 0.113. The van der Waals surface area contributed by atoms with Gasteiger partial charge in [-0.1, -0.05) is 13.8 Å². The van der Waals surface area contributed by atoms with Gasteiger partial charge in [-0.15, -0.1) is 0 Å². The highest BCUT2D eigenvalue weighted by molar-refractivity contribution is 5.79. The number of nitrogens with one attached hydrogen (secondary N) is 1. The lowest BCUT2D eigenvalue weighted by Crippen LogP contribution is -2.55. The number of likely N-dealkylation sites (tertiary alicyclic amines) is 1. The van der Waals surface area contributed by atoms with E-state index in [4.69, 9.17) is 5.11 Å². The SMILES string of the molecule is CC1(C(=O)O)CCN(C(=O)NC2CCC2(C)C)C1. The number of urea groups is 1. The second-order valence-electron chi connectivity index (χ2n) is 6.57. The van der Waals surface area contributed by atoms with Gasteiger partial charge in [-0.25, -0.2) is 4.79 Å². The van der Waals surface area contributed by atoms with Crippen molar-refractivity contribution in [3.8, 4) is 0 Å². The van der Waals surface area contributed by atoms with Crippen molar-refractivity contribution in [2.75, 3.05) is 13.1 Å². The van der Waals surface area contributed by atoms with E-state index in [9.17, 15) is 9.59 Å². The first-order chi connectivity index (χ1) is 8.24. The Morgan fingerprint density at radius 2 is 1.94 bits per heavy atom. The number of aliphatic carboxylic acids is 1. The molecule has 2 rings (SSSR count). The van der Waals surface area contributed by atoms with Crippen molar-refractivity contribution < 1.29 is 14.7 Å². The monoisotopic (exact) mass is 254 g/mol. The molecule has 0 bridgehead atoms. The van der Waals surface area contributed by atoms with E-state index in [1.165, 1.54) is 0 Å². The van der Waals surface area contributed by atoms with E-state index < -0.39 is 11.4 Å². The fourth-order valence-electron chi connectivity index (χ4n) is 2.68. The molecular formula is C13H22N2O3. The molecule has 2 amide bonds. The summed E-state index contributed by atoms with van der Waals surface area (Å²) in [5.41, 5.74) is -0.613. The molecule has 1 saturated carbocycles. The minimum atomic E-state index is -0.818. The molecule has 102 valence electrons. The summed E-state index contributed by atoms with van der Waals surface area (Å²) in [5, 5.41) is 12.2. The Bertz CT molecular complexity index is 380. The molecule has 5 nitrogen and oxygen atoms in total. The third kappa shape index (κ3) is 2.18. The van der Waals surface area contributed by atoms with Crippen molar-refractivity contribution in [1.29, 1.82) is 0 Å². The van der Waals surface area contributed by atoms with Gasteiger partial charge in [0, 0.05) is 19.1 Å². The number of carboxylic acid groups (broad SMARTS) is 1. The Balaban J connectivity index is 1.90. The molecule has 18 heavy (non-hydrogen) atoms. The van der Waals surface area contributed by atoms with E-state index >= 15 is 0 Å². The van der Waals surface area contributed by atoms with E-state index in [2.05, 4.69) is 19.2 Å². The van der Waals surface area contributed by atoms with Gasteiger partial charge in [0.2, 0.25) is 0 Å². The Morgan fingerprint density at radius 3 is 2.33 bits per heavy atom. The van der Waals surface area contributed by atoms with Gasteiger partial charge < -0.3 is 15.3 Å². The van der Waals surface area contributed by atoms with Crippen LogP contribution in [0.4, 0.5) is 4.79 Å². The molecule has 0 aromatic rings. The Hall–Kier alpha value is -1.26. The summed E-state index contributed by atoms with van der Waals surface area (Å²) in [7, 11) is 0. The number of hydrogen-bond donors (Lipinski definition) is 2. The fourth-order valence-corrected chi connectivity index (χ4v) is 2.68. The summed E-state index contributed by atoms with van der Waals surface area (Å²) in [5.74, 6) is -0.818. The highest BCUT2D eigenvalue weighted by atomic mass is 16.4. The molecule has 2 aliphatic rings. The largest absolute Gasteiger partial charge is 0.481 e. The summed E-state index contributed by atoms with van der Waals surface area (Å²) in [6.07, 6.45) is 2.68. The van der Waals surface area contributed by atoms with Crippen LogP contribution in [0.1, 0.15) is 40.0 Å². The average molecular weight is 254 g/mol. The Kier molecular flexibility index (Phi) is 3.03. The van der Waals surface area contributed by atoms with Crippen LogP contribution in [0.3, 0.4) is 0 Å². The number of nitrogens with zero attached hydrogens (tertiary/aromatic N) is 1. The van der Waals surface area contributed by atoms with Crippen molar-refractivity contribution in [1.82, 2.24) is 10.2 Å². The Morgan fingerprint density at radius 1 is 1.28 bits per heavy atom. The predicted molar refractivity (Wildman–Crippen MR) is 67.3 cm³/mol. The molecule has 0 radical (unpaired) electrons. The zero-order valence-corrected chi connectivity index (χ0v) is 11.3. The summed E-state index contributed by atoms with van der Waals surface area (Å²) in [6.45, 7) is 6.83. The molecule has 1 aliphatic heterocycles. The van der Waals surface area contributed by atoms with Gasteiger partial charge in [-0.05, 0) is 31.6 Å². The normalized spacial score (nSPS) is 33.9. The topological polar surface area (TPSA) is 69.6 Å². The molecule has 5 heteroatoms. The van der Waals surface area contributed by atoms with Gasteiger partial charge in [-0.2, -0.15) is 0 Å². The predicted octanol–water partition coefficient (Wildman–Crippen LogP) is 1.68. The van der Waals surface area contributed by atoms with Gasteiger partial charge in [0.05, 0.1) is 5.41 Å². The third-order valence-electron chi connectivity index (χ3n) is 4.60. The first-order valence-electron chi connectivity index (χ1n) is 6.53. The number of carboxylic acids is 1. The number of carbonyl (C=O) groups excluding carboxylic acids is 1. The quantitative estimate of drug-likeness (QED) is 0.787. The molecule has 0 aromatic heterocycles. The number of carbonyl (C=O) groups is 2. The smallest absolute Gasteiger partial charge is 0.317 e. The van der Waals surface area contributed by atoms with Gasteiger partial charge in [0.25, 0.3) is 0 Å². The molecule has 2 N–H and O–H groups in total. The van der Waals surface area contributed by atoms with E-state index in [1.807, 2.05) is 0 Å². The van der Waals surface area contributed by atoms with Gasteiger partial charge >= 0.3 is 12.0 Å². The summed E-state index contributed by atoms with van der Waals surface area (Å²) in [6, 6.07) is 0.111. The highest BCUT2D eigenvalue weighted by Gasteiger charge is 2.44. The summed E-state index contributed by atoms with van der Waals surface area (Å²) < 4.78 is 0. The second kappa shape index (κ2) is 4.14. The van der Waals surface area contributed by atoms with Crippen LogP contribution in [-0.2, 0) is 4.79 Å². The van der Waals surface area contributed by atoms with Crippen molar-refractivity contribution in [3.63, 3.8) is 0 Å². The number of amides is 2. The van der Waals surface area contributed by atoms with Gasteiger partial charge in [0.1, 0.15) is 0 Å². The van der Waals surface area contributed by atoms with Crippen molar-refractivity contribution in [2.24, 2.45) is 10.8 Å². The molecule has 2 fully saturated rings. The maximum absolute atomic E-state index is 12.1. The van der Waals surface area contributed by atoms with Crippen LogP contribution in [0.15, 0.2) is 0 Å². The van der Waals surface area contributed by atoms with Crippen LogP contribution in [0.25, 0.3) is 0 Å². The van der Waals surface area contributed by atoms with Crippen LogP contribution in [0.2, 0.25) is 0 Å². The maximum Gasteiger partial charge on any atom is 0.317 e. The highest BCUT2D eigenvalue weighted by Crippen LogP contribution is 2.40. The standard InChI is InChI=1S/C13H22N2O3/c1-12(2)5-4-9(12)14-11(18)15-7-6-13(3,8-15)10(16)17/h9H,4-8H2,1-3H3,(H,14,18)(H,16,17). The van der Waals surface area contributed by atoms with E-state index in [0.717, 1.165) is 12.8 Å². The average Bonchev–Trinajstić information content (AvgIpc) is 2.69. The minimum Gasteiger partial charge on any atom is -0.481 e. The summed E-state index contributed by atoms with van der Waals surface area (Å²) >= 11 is 0.